The van der Waals surface area contributed by atoms with Gasteiger partial charge in [0.15, 0.2) is 0 Å². The Kier molecular flexibility index (Phi) is 3.59. The van der Waals surface area contributed by atoms with Crippen LogP contribution in [0.5, 0.6) is 0 Å². The Morgan fingerprint density at radius 1 is 1.40 bits per heavy atom. The predicted octanol–water partition coefficient (Wildman–Crippen LogP) is 3.01. The van der Waals surface area contributed by atoms with Gasteiger partial charge in [-0.05, 0) is 17.5 Å². The lowest BCUT2D eigenvalue weighted by molar-refractivity contribution is -0.124. The van der Waals surface area contributed by atoms with Crippen LogP contribution in [0.15, 0.2) is 30.3 Å². The van der Waals surface area contributed by atoms with Crippen LogP contribution in [0.1, 0.15) is 5.56 Å². The van der Waals surface area contributed by atoms with Crippen molar-refractivity contribution in [3.05, 3.63) is 35.9 Å². The van der Waals surface area contributed by atoms with Crippen LogP contribution < -0.4 is 0 Å². The van der Waals surface area contributed by atoms with Crippen molar-refractivity contribution in [1.82, 2.24) is 4.31 Å². The van der Waals surface area contributed by atoms with Gasteiger partial charge in [-0.1, -0.05) is 46.3 Å². The third-order valence-corrected chi connectivity index (χ3v) is 5.21. The lowest BCUT2D eigenvalue weighted by atomic mass is 10.2. The van der Waals surface area contributed by atoms with Crippen LogP contribution in [-0.4, -0.2) is 19.7 Å². The van der Waals surface area contributed by atoms with Gasteiger partial charge in [-0.25, -0.2) is 0 Å². The van der Waals surface area contributed by atoms with Crippen molar-refractivity contribution >= 4 is 45.4 Å². The van der Waals surface area contributed by atoms with E-state index in [-0.39, 0.29) is 15.4 Å². The van der Waals surface area contributed by atoms with Crippen LogP contribution in [0.3, 0.4) is 0 Å². The van der Waals surface area contributed by atoms with Crippen molar-refractivity contribution in [3.8, 4) is 0 Å². The Morgan fingerprint density at radius 3 is 2.60 bits per heavy atom. The summed E-state index contributed by atoms with van der Waals surface area (Å²) in [7, 11) is 0. The predicted molar refractivity (Wildman–Crippen MR) is 66.9 cm³/mol. The Labute approximate surface area is 106 Å². The van der Waals surface area contributed by atoms with Crippen molar-refractivity contribution in [3.63, 3.8) is 0 Å². The van der Waals surface area contributed by atoms with E-state index >= 15 is 0 Å². The molecule has 2 atom stereocenters. The summed E-state index contributed by atoms with van der Waals surface area (Å²) < 4.78 is 1.49. The molecule has 1 aliphatic rings. The molecule has 0 bridgehead atoms. The topological polar surface area (TPSA) is 20.3 Å². The molecule has 0 saturated carbocycles. The molecule has 0 radical (unpaired) electrons. The van der Waals surface area contributed by atoms with Crippen LogP contribution in [0.2, 0.25) is 0 Å². The molecule has 1 aliphatic heterocycles. The second-order valence-corrected chi connectivity index (χ2v) is 6.09. The average molecular weight is 307 g/mol. The standard InChI is InChI=1S/C10H9BrClNOS/c11-8-9(12)15-13(10(8)14)6-7-4-2-1-3-5-7/h1-5,8-9H,6H2. The fourth-order valence-corrected chi connectivity index (χ4v) is 3.32. The van der Waals surface area contributed by atoms with E-state index in [1.165, 1.54) is 11.9 Å². The van der Waals surface area contributed by atoms with Gasteiger partial charge in [-0.2, -0.15) is 0 Å². The van der Waals surface area contributed by atoms with E-state index < -0.39 is 0 Å². The summed E-state index contributed by atoms with van der Waals surface area (Å²) >= 11 is 10.6. The number of alkyl halides is 2. The number of hydrogen-bond acceptors (Lipinski definition) is 2. The molecule has 1 heterocycles. The van der Waals surface area contributed by atoms with Gasteiger partial charge < -0.3 is 0 Å². The van der Waals surface area contributed by atoms with Crippen LogP contribution >= 0.6 is 39.5 Å². The molecule has 0 spiro atoms. The molecule has 1 aromatic rings. The van der Waals surface area contributed by atoms with Gasteiger partial charge in [-0.3, -0.25) is 9.10 Å². The van der Waals surface area contributed by atoms with Crippen molar-refractivity contribution in [1.29, 1.82) is 0 Å². The maximum absolute atomic E-state index is 11.7. The van der Waals surface area contributed by atoms with Crippen molar-refractivity contribution in [2.75, 3.05) is 0 Å². The van der Waals surface area contributed by atoms with E-state index in [9.17, 15) is 4.79 Å². The highest BCUT2D eigenvalue weighted by atomic mass is 79.9. The van der Waals surface area contributed by atoms with Crippen molar-refractivity contribution in [2.24, 2.45) is 0 Å². The minimum Gasteiger partial charge on any atom is -0.280 e. The zero-order chi connectivity index (χ0) is 10.8. The molecule has 2 rings (SSSR count). The van der Waals surface area contributed by atoms with Crippen LogP contribution in [0, 0.1) is 0 Å². The smallest absolute Gasteiger partial charge is 0.249 e. The average Bonchev–Trinajstić information content (AvgIpc) is 2.48. The molecule has 15 heavy (non-hydrogen) atoms. The lowest BCUT2D eigenvalue weighted by Gasteiger charge is -2.13. The number of benzene rings is 1. The Hall–Kier alpha value is -0.190. The summed E-state index contributed by atoms with van der Waals surface area (Å²) in [4.78, 5) is 11.4. The summed E-state index contributed by atoms with van der Waals surface area (Å²) in [5.41, 5.74) is 1.11. The highest BCUT2D eigenvalue weighted by Gasteiger charge is 2.38. The first-order valence-electron chi connectivity index (χ1n) is 4.48. The van der Waals surface area contributed by atoms with Crippen molar-refractivity contribution < 1.29 is 4.79 Å². The van der Waals surface area contributed by atoms with Crippen LogP contribution in [0.25, 0.3) is 0 Å². The minimum atomic E-state index is -0.270. The van der Waals surface area contributed by atoms with E-state index in [1.807, 2.05) is 30.3 Å². The number of amides is 1. The molecule has 1 aromatic carbocycles. The summed E-state index contributed by atoms with van der Waals surface area (Å²) in [6.07, 6.45) is 0. The van der Waals surface area contributed by atoms with E-state index in [0.29, 0.717) is 6.54 Å². The second kappa shape index (κ2) is 4.76. The largest absolute Gasteiger partial charge is 0.280 e. The number of hydrogen-bond donors (Lipinski definition) is 0. The van der Waals surface area contributed by atoms with E-state index in [4.69, 9.17) is 11.6 Å². The number of halogens is 2. The zero-order valence-corrected chi connectivity index (χ0v) is 10.9. The van der Waals surface area contributed by atoms with Gasteiger partial charge in [0.25, 0.3) is 0 Å². The maximum Gasteiger partial charge on any atom is 0.249 e. The summed E-state index contributed by atoms with van der Waals surface area (Å²) in [6, 6.07) is 9.88. The summed E-state index contributed by atoms with van der Waals surface area (Å²) in [5, 5.41) is 0. The van der Waals surface area contributed by atoms with Gasteiger partial charge >= 0.3 is 0 Å². The van der Waals surface area contributed by atoms with Gasteiger partial charge in [0.2, 0.25) is 5.91 Å². The molecule has 0 aromatic heterocycles. The zero-order valence-electron chi connectivity index (χ0n) is 7.77. The maximum atomic E-state index is 11.7. The second-order valence-electron chi connectivity index (χ2n) is 3.22. The van der Waals surface area contributed by atoms with E-state index in [2.05, 4.69) is 15.9 Å². The fourth-order valence-electron chi connectivity index (χ4n) is 1.34. The Morgan fingerprint density at radius 2 is 2.07 bits per heavy atom. The molecule has 5 heteroatoms. The molecule has 0 N–H and O–H groups in total. The minimum absolute atomic E-state index is 0.0452. The normalized spacial score (nSPS) is 26.0. The molecule has 2 nitrogen and oxygen atoms in total. The van der Waals surface area contributed by atoms with Gasteiger partial charge in [0.05, 0.1) is 6.54 Å². The third kappa shape index (κ3) is 2.49. The van der Waals surface area contributed by atoms with E-state index in [1.54, 1.807) is 4.31 Å². The molecule has 1 amide bonds. The lowest BCUT2D eigenvalue weighted by Crippen LogP contribution is -2.24. The third-order valence-electron chi connectivity index (χ3n) is 2.11. The first kappa shape index (κ1) is 11.3. The molecule has 1 saturated heterocycles. The molecule has 1 fully saturated rings. The summed E-state index contributed by atoms with van der Waals surface area (Å²) in [6.45, 7) is 0.607. The number of carbonyl (C=O) groups excluding carboxylic acids is 1. The van der Waals surface area contributed by atoms with E-state index in [0.717, 1.165) is 5.56 Å². The first-order chi connectivity index (χ1) is 7.18. The fraction of sp³-hybridized carbons (Fsp3) is 0.300. The molecular weight excluding hydrogens is 298 g/mol. The number of nitrogens with zero attached hydrogens (tertiary/aromatic N) is 1. The van der Waals surface area contributed by atoms with Gasteiger partial charge in [-0.15, -0.1) is 11.6 Å². The van der Waals surface area contributed by atoms with Gasteiger partial charge in [0, 0.05) is 0 Å². The molecule has 0 aliphatic carbocycles. The highest BCUT2D eigenvalue weighted by Crippen LogP contribution is 2.37. The Balaban J connectivity index is 2.05. The molecule has 80 valence electrons. The first-order valence-corrected chi connectivity index (χ1v) is 6.67. The quantitative estimate of drug-likeness (QED) is 0.618. The van der Waals surface area contributed by atoms with Crippen LogP contribution in [0.4, 0.5) is 0 Å². The Bertz CT molecular complexity index is 362. The number of carbonyl (C=O) groups is 1. The number of rotatable bonds is 2. The SMILES string of the molecule is O=C1C(Br)C(Cl)SN1Cc1ccccc1. The monoisotopic (exact) mass is 305 g/mol. The van der Waals surface area contributed by atoms with Crippen LogP contribution in [-0.2, 0) is 11.3 Å². The van der Waals surface area contributed by atoms with Crippen molar-refractivity contribution in [2.45, 2.75) is 16.1 Å². The molecule has 2 unspecified atom stereocenters. The molecular formula is C10H9BrClNOS. The summed E-state index contributed by atoms with van der Waals surface area (Å²) in [5.74, 6) is 0.0452. The van der Waals surface area contributed by atoms with Gasteiger partial charge in [0.1, 0.15) is 9.54 Å². The highest BCUT2D eigenvalue weighted by molar-refractivity contribution is 9.10.